The molecule has 40 heavy (non-hydrogen) atoms. The molecule has 0 saturated heterocycles. The van der Waals surface area contributed by atoms with Crippen LogP contribution in [-0.4, -0.2) is 44.1 Å². The number of rotatable bonds is 9. The summed E-state index contributed by atoms with van der Waals surface area (Å²) < 4.78 is 56.7. The van der Waals surface area contributed by atoms with Gasteiger partial charge in [0, 0.05) is 30.0 Å². The molecular weight excluding hydrogens is 534 g/mol. The summed E-state index contributed by atoms with van der Waals surface area (Å²) in [6.07, 6.45) is -4.45. The molecule has 2 aromatic heterocycles. The second-order valence-corrected chi connectivity index (χ2v) is 8.95. The monoisotopic (exact) mass is 557 g/mol. The lowest BCUT2D eigenvalue weighted by atomic mass is 10.0. The SMILES string of the molecule is Cc1c(NC(=O)c2cc(C(N)=O)nc3cc(F)ccc23)c(C(F)(F)F)nn1Cc1ccc(C(=O)CCCO)cc1. The molecule has 0 unspecified atom stereocenters. The van der Waals surface area contributed by atoms with E-state index in [4.69, 9.17) is 10.8 Å². The molecule has 0 saturated carbocycles. The fourth-order valence-corrected chi connectivity index (χ4v) is 4.10. The molecule has 0 radical (unpaired) electrons. The molecule has 9 nitrogen and oxygen atoms in total. The van der Waals surface area contributed by atoms with Gasteiger partial charge in [-0.2, -0.15) is 18.3 Å². The predicted octanol–water partition coefficient (Wildman–Crippen LogP) is 4.25. The van der Waals surface area contributed by atoms with Crippen molar-refractivity contribution in [3.8, 4) is 0 Å². The fourth-order valence-electron chi connectivity index (χ4n) is 4.10. The van der Waals surface area contributed by atoms with Crippen molar-refractivity contribution in [2.75, 3.05) is 11.9 Å². The van der Waals surface area contributed by atoms with Gasteiger partial charge in [-0.15, -0.1) is 0 Å². The molecule has 13 heteroatoms. The first-order chi connectivity index (χ1) is 18.9. The van der Waals surface area contributed by atoms with E-state index in [-0.39, 0.29) is 53.2 Å². The van der Waals surface area contributed by atoms with E-state index in [1.807, 2.05) is 0 Å². The number of nitrogens with two attached hydrogens (primary N) is 1. The third-order valence-corrected chi connectivity index (χ3v) is 6.15. The van der Waals surface area contributed by atoms with Gasteiger partial charge in [-0.3, -0.25) is 19.1 Å². The van der Waals surface area contributed by atoms with Crippen molar-refractivity contribution in [2.24, 2.45) is 5.73 Å². The maximum absolute atomic E-state index is 13.9. The molecule has 0 fully saturated rings. The van der Waals surface area contributed by atoms with E-state index in [2.05, 4.69) is 15.4 Å². The molecular formula is C27H23F4N5O4. The second-order valence-electron chi connectivity index (χ2n) is 8.95. The number of carbonyl (C=O) groups is 3. The summed E-state index contributed by atoms with van der Waals surface area (Å²) in [4.78, 5) is 41.0. The van der Waals surface area contributed by atoms with E-state index in [1.54, 1.807) is 12.1 Å². The van der Waals surface area contributed by atoms with E-state index in [9.17, 15) is 31.9 Å². The summed E-state index contributed by atoms with van der Waals surface area (Å²) in [5, 5.41) is 14.9. The van der Waals surface area contributed by atoms with Crippen LogP contribution in [0.2, 0.25) is 0 Å². The number of aliphatic hydroxyl groups is 1. The van der Waals surface area contributed by atoms with Crippen molar-refractivity contribution in [2.45, 2.75) is 32.5 Å². The summed E-state index contributed by atoms with van der Waals surface area (Å²) >= 11 is 0. The van der Waals surface area contributed by atoms with Gasteiger partial charge in [0.15, 0.2) is 11.5 Å². The number of carbonyl (C=O) groups excluding carboxylic acids is 3. The lowest BCUT2D eigenvalue weighted by Crippen LogP contribution is -2.19. The Morgan fingerprint density at radius 2 is 1.77 bits per heavy atom. The highest BCUT2D eigenvalue weighted by molar-refractivity contribution is 6.14. The van der Waals surface area contributed by atoms with E-state index in [1.165, 1.54) is 25.1 Å². The number of ketones is 1. The van der Waals surface area contributed by atoms with Gasteiger partial charge in [-0.25, -0.2) is 9.37 Å². The van der Waals surface area contributed by atoms with Crippen LogP contribution in [0.5, 0.6) is 0 Å². The molecule has 0 atom stereocenters. The average molecular weight is 558 g/mol. The molecule has 4 aromatic rings. The Balaban J connectivity index is 1.68. The minimum absolute atomic E-state index is 0.0108. The number of amides is 2. The molecule has 0 aliphatic rings. The molecule has 0 aliphatic carbocycles. The Hall–Kier alpha value is -4.65. The molecule has 0 bridgehead atoms. The predicted molar refractivity (Wildman–Crippen MR) is 136 cm³/mol. The number of hydrogen-bond donors (Lipinski definition) is 3. The van der Waals surface area contributed by atoms with Crippen LogP contribution in [0.3, 0.4) is 0 Å². The average Bonchev–Trinajstić information content (AvgIpc) is 3.21. The van der Waals surface area contributed by atoms with Gasteiger partial charge in [0.2, 0.25) is 0 Å². The van der Waals surface area contributed by atoms with Gasteiger partial charge in [0.1, 0.15) is 11.5 Å². The molecule has 2 amide bonds. The van der Waals surface area contributed by atoms with Gasteiger partial charge in [0.05, 0.1) is 29.0 Å². The normalized spacial score (nSPS) is 11.6. The summed E-state index contributed by atoms with van der Waals surface area (Å²) in [6.45, 7) is 1.13. The minimum Gasteiger partial charge on any atom is -0.396 e. The summed E-state index contributed by atoms with van der Waals surface area (Å²) in [5.74, 6) is -2.90. The first-order valence-corrected chi connectivity index (χ1v) is 12.0. The lowest BCUT2D eigenvalue weighted by molar-refractivity contribution is -0.140. The zero-order valence-electron chi connectivity index (χ0n) is 21.1. The zero-order valence-corrected chi connectivity index (χ0v) is 21.1. The van der Waals surface area contributed by atoms with Gasteiger partial charge < -0.3 is 16.2 Å². The van der Waals surface area contributed by atoms with E-state index >= 15 is 0 Å². The van der Waals surface area contributed by atoms with Gasteiger partial charge in [-0.05, 0) is 37.1 Å². The molecule has 4 N–H and O–H groups in total. The van der Waals surface area contributed by atoms with Gasteiger partial charge in [0.25, 0.3) is 11.8 Å². The van der Waals surface area contributed by atoms with Crippen LogP contribution in [0, 0.1) is 12.7 Å². The third-order valence-electron chi connectivity index (χ3n) is 6.15. The number of nitrogens with zero attached hydrogens (tertiary/aromatic N) is 3. The number of halogens is 4. The number of pyridine rings is 1. The van der Waals surface area contributed by atoms with Crippen LogP contribution in [0.1, 0.15) is 61.0 Å². The molecule has 2 heterocycles. The van der Waals surface area contributed by atoms with Gasteiger partial charge >= 0.3 is 6.18 Å². The summed E-state index contributed by atoms with van der Waals surface area (Å²) in [6, 6.07) is 10.5. The molecule has 0 aliphatic heterocycles. The highest BCUT2D eigenvalue weighted by atomic mass is 19.4. The summed E-state index contributed by atoms with van der Waals surface area (Å²) in [7, 11) is 0. The van der Waals surface area contributed by atoms with E-state index in [0.29, 0.717) is 17.5 Å². The Labute approximate surface area is 224 Å². The van der Waals surface area contributed by atoms with E-state index in [0.717, 1.165) is 22.9 Å². The van der Waals surface area contributed by atoms with Crippen LogP contribution in [-0.2, 0) is 12.7 Å². The molecule has 208 valence electrons. The number of alkyl halides is 3. The zero-order chi connectivity index (χ0) is 29.2. The minimum atomic E-state index is -4.93. The number of Topliss-reactive ketones (excluding diaryl/α,β-unsaturated/α-hetero) is 1. The van der Waals surface area contributed by atoms with Crippen molar-refractivity contribution < 1.29 is 37.1 Å². The number of hydrogen-bond acceptors (Lipinski definition) is 6. The highest BCUT2D eigenvalue weighted by Crippen LogP contribution is 2.36. The summed E-state index contributed by atoms with van der Waals surface area (Å²) in [5.41, 5.74) is 3.59. The largest absolute Gasteiger partial charge is 0.437 e. The third kappa shape index (κ3) is 5.99. The number of nitrogens with one attached hydrogen (secondary N) is 1. The Kier molecular flexibility index (Phi) is 7.96. The highest BCUT2D eigenvalue weighted by Gasteiger charge is 2.39. The number of aromatic nitrogens is 3. The number of anilines is 1. The molecule has 0 spiro atoms. The van der Waals surface area contributed by atoms with Crippen LogP contribution < -0.4 is 11.1 Å². The number of primary amides is 1. The first kappa shape index (κ1) is 28.4. The topological polar surface area (TPSA) is 140 Å². The molecule has 4 rings (SSSR count). The van der Waals surface area contributed by atoms with Crippen molar-refractivity contribution in [3.05, 3.63) is 88.1 Å². The van der Waals surface area contributed by atoms with Crippen molar-refractivity contribution in [1.82, 2.24) is 14.8 Å². The number of fused-ring (bicyclic) bond motifs is 1. The Bertz CT molecular complexity index is 1610. The van der Waals surface area contributed by atoms with Crippen LogP contribution in [0.15, 0.2) is 48.5 Å². The first-order valence-electron chi connectivity index (χ1n) is 12.0. The van der Waals surface area contributed by atoms with Crippen LogP contribution >= 0.6 is 0 Å². The standard InChI is InChI=1S/C27H23F4N5O4/c1-14-23(34-26(40)19-12-21(25(32)39)33-20-11-17(28)8-9-18(19)20)24(27(29,30)31)35-36(14)13-15-4-6-16(7-5-15)22(38)3-2-10-37/h4-9,11-12,37H,2-3,10,13H2,1H3,(H2,32,39)(H,34,40). The molecule has 2 aromatic carbocycles. The van der Waals surface area contributed by atoms with E-state index < -0.39 is 35.2 Å². The van der Waals surface area contributed by atoms with Crippen molar-refractivity contribution >= 4 is 34.2 Å². The number of benzene rings is 2. The second kappa shape index (κ2) is 11.2. The smallest absolute Gasteiger partial charge is 0.396 e. The maximum atomic E-state index is 13.9. The van der Waals surface area contributed by atoms with Crippen LogP contribution in [0.25, 0.3) is 10.9 Å². The fraction of sp³-hybridized carbons (Fsp3) is 0.222. The quantitative estimate of drug-likeness (QED) is 0.208. The number of aliphatic hydroxyl groups excluding tert-OH is 1. The lowest BCUT2D eigenvalue weighted by Gasteiger charge is -2.12. The van der Waals surface area contributed by atoms with Gasteiger partial charge in [-0.1, -0.05) is 24.3 Å². The maximum Gasteiger partial charge on any atom is 0.437 e. The van der Waals surface area contributed by atoms with Crippen LogP contribution in [0.4, 0.5) is 23.2 Å². The van der Waals surface area contributed by atoms with Crippen molar-refractivity contribution in [3.63, 3.8) is 0 Å². The van der Waals surface area contributed by atoms with Crippen molar-refractivity contribution in [1.29, 1.82) is 0 Å². The Morgan fingerprint density at radius 1 is 1.07 bits per heavy atom. The Morgan fingerprint density at radius 3 is 2.40 bits per heavy atom.